The van der Waals surface area contributed by atoms with E-state index in [0.717, 1.165) is 31.6 Å². The van der Waals surface area contributed by atoms with E-state index in [1.54, 1.807) is 36.4 Å². The molecule has 9 heterocycles. The number of nitrogens with zero attached hydrogens (tertiary/aromatic N) is 6. The van der Waals surface area contributed by atoms with E-state index in [9.17, 15) is 26.3 Å². The molecule has 0 spiro atoms. The summed E-state index contributed by atoms with van der Waals surface area (Å²) in [7, 11) is 0. The molecule has 2 N–H and O–H groups in total. The highest BCUT2D eigenvalue weighted by molar-refractivity contribution is 5.97. The average molecular weight is 843 g/mol. The summed E-state index contributed by atoms with van der Waals surface area (Å²) in [6.45, 7) is 2.84. The Labute approximate surface area is 352 Å². The lowest BCUT2D eigenvalue weighted by Crippen LogP contribution is -2.43. The van der Waals surface area contributed by atoms with Crippen LogP contribution in [-0.2, 0) is 26.2 Å². The highest BCUT2D eigenvalue weighted by Gasteiger charge is 2.37. The zero-order valence-electron chi connectivity index (χ0n) is 33.6. The number of H-pyrrole nitrogens is 2. The van der Waals surface area contributed by atoms with Gasteiger partial charge in [0.2, 0.25) is 35.9 Å². The van der Waals surface area contributed by atoms with Crippen LogP contribution in [0.15, 0.2) is 122 Å². The van der Waals surface area contributed by atoms with Crippen molar-refractivity contribution in [2.24, 2.45) is 0 Å². The van der Waals surface area contributed by atoms with E-state index in [1.807, 2.05) is 99.1 Å². The number of nitrogens with one attached hydrogen (secondary N) is 2. The van der Waals surface area contributed by atoms with Gasteiger partial charge in [-0.15, -0.1) is 0 Å². The number of pyridine rings is 4. The molecule has 8 bridgehead atoms. The van der Waals surface area contributed by atoms with Gasteiger partial charge >= 0.3 is 12.4 Å². The van der Waals surface area contributed by atoms with E-state index in [1.165, 1.54) is 24.5 Å². The van der Waals surface area contributed by atoms with Gasteiger partial charge < -0.3 is 9.97 Å². The number of hydrogen-bond acceptors (Lipinski definition) is 2. The van der Waals surface area contributed by atoms with Gasteiger partial charge in [-0.05, 0) is 86.7 Å². The number of aromatic amines is 2. The number of fused-ring (bicyclic) bond motifs is 8. The second-order valence-electron chi connectivity index (χ2n) is 14.9. The van der Waals surface area contributed by atoms with Crippen LogP contribution in [0.1, 0.15) is 36.6 Å². The molecule has 62 heavy (non-hydrogen) atoms. The number of aryl methyl sites for hydroxylation is 2. The van der Waals surface area contributed by atoms with Crippen LogP contribution in [0, 0.1) is 0 Å². The second kappa shape index (κ2) is 16.0. The van der Waals surface area contributed by atoms with Gasteiger partial charge in [-0.1, -0.05) is 0 Å². The van der Waals surface area contributed by atoms with Crippen molar-refractivity contribution in [3.05, 3.63) is 145 Å². The van der Waals surface area contributed by atoms with Gasteiger partial charge in [0.1, 0.15) is 13.1 Å². The third kappa shape index (κ3) is 7.79. The van der Waals surface area contributed by atoms with Gasteiger partial charge in [0, 0.05) is 48.5 Å². The Morgan fingerprint density at radius 1 is 0.403 bits per heavy atom. The molecule has 7 aromatic rings. The molecule has 0 atom stereocenters. The summed E-state index contributed by atoms with van der Waals surface area (Å²) in [6, 6.07) is 28.8. The number of hydrogen-bond donors (Lipinski definition) is 2. The Kier molecular flexibility index (Phi) is 10.4. The Hall–Kier alpha value is -7.22. The molecule has 310 valence electrons. The normalized spacial score (nSPS) is 12.6. The zero-order valence-corrected chi connectivity index (χ0v) is 33.6. The van der Waals surface area contributed by atoms with E-state index in [2.05, 4.69) is 19.1 Å². The number of aromatic nitrogens is 8. The largest absolute Gasteiger partial charge is 0.448 e. The highest BCUT2D eigenvalue weighted by atomic mass is 19.4. The monoisotopic (exact) mass is 842 g/mol. The molecule has 0 aromatic carbocycles. The summed E-state index contributed by atoms with van der Waals surface area (Å²) >= 11 is 0. The van der Waals surface area contributed by atoms with Crippen LogP contribution < -0.4 is 18.3 Å². The van der Waals surface area contributed by atoms with Crippen LogP contribution in [0.2, 0.25) is 0 Å². The van der Waals surface area contributed by atoms with Crippen LogP contribution >= 0.6 is 0 Å². The van der Waals surface area contributed by atoms with Gasteiger partial charge in [-0.2, -0.15) is 44.6 Å². The predicted molar refractivity (Wildman–Crippen MR) is 225 cm³/mol. The van der Waals surface area contributed by atoms with Gasteiger partial charge in [0.15, 0.2) is 24.8 Å². The van der Waals surface area contributed by atoms with Crippen LogP contribution in [0.5, 0.6) is 0 Å². The molecule has 14 heteroatoms. The molecule has 0 radical (unpaired) electrons. The first-order valence-electron chi connectivity index (χ1n) is 20.1. The second-order valence-corrected chi connectivity index (χ2v) is 14.9. The lowest BCUT2D eigenvalue weighted by atomic mass is 10.1. The summed E-state index contributed by atoms with van der Waals surface area (Å²) in [5.74, 6) is 0. The molecule has 0 unspecified atom stereocenters. The lowest BCUT2D eigenvalue weighted by Gasteiger charge is -2.08. The Morgan fingerprint density at radius 3 is 0.952 bits per heavy atom. The Morgan fingerprint density at radius 2 is 0.677 bits per heavy atom. The fourth-order valence-electron chi connectivity index (χ4n) is 8.31. The molecule has 8 nitrogen and oxygen atoms in total. The van der Waals surface area contributed by atoms with Gasteiger partial charge in [-0.3, -0.25) is 0 Å². The summed E-state index contributed by atoms with van der Waals surface area (Å²) in [5, 5.41) is 0. The van der Waals surface area contributed by atoms with E-state index in [0.29, 0.717) is 69.1 Å². The summed E-state index contributed by atoms with van der Waals surface area (Å²) < 4.78 is 91.5. The summed E-state index contributed by atoms with van der Waals surface area (Å²) in [5.41, 5.74) is 8.58. The molecule has 0 saturated carbocycles. The van der Waals surface area contributed by atoms with E-state index >= 15 is 0 Å². The first-order valence-corrected chi connectivity index (χ1v) is 20.1. The van der Waals surface area contributed by atoms with Gasteiger partial charge in [0.25, 0.3) is 0 Å². The molecule has 7 aromatic heterocycles. The minimum absolute atomic E-state index is 0.226. The average Bonchev–Trinajstić information content (AvgIpc) is 4.09. The minimum atomic E-state index is -4.55. The minimum Gasteiger partial charge on any atom is -0.354 e. The highest BCUT2D eigenvalue weighted by Crippen LogP contribution is 2.37. The molecule has 2 aliphatic heterocycles. The molecular formula is C48H40F6N8+4. The standard InChI is InChI=1S/C48H39F6N8/c1-3-59-25-9-5-13-39(59)43-31-17-18-32(55-31)44(40-14-6-10-26-60(40)4-2)34-20-22-36(57-34)46(42-16-8-12-28-62(42)30-48(52,53)54)38-24-23-37(58-38)45(35-21-19-33(43)56-35)41-15-7-11-27-61(41)29-47(49,50)51/h5-28H,3-4,29-30H2,1-2H3,(H,55,56,57,58)/q+3/p+1. The van der Waals surface area contributed by atoms with Gasteiger partial charge in [-0.25, -0.2) is 9.97 Å². The molecule has 9 rings (SSSR count). The molecule has 2 aliphatic rings. The quantitative estimate of drug-likeness (QED) is 0.118. The van der Waals surface area contributed by atoms with Crippen LogP contribution in [-0.4, -0.2) is 32.3 Å². The van der Waals surface area contributed by atoms with Crippen molar-refractivity contribution in [1.82, 2.24) is 19.9 Å². The maximum absolute atomic E-state index is 14.2. The summed E-state index contributed by atoms with van der Waals surface area (Å²) in [6.07, 6.45) is 4.89. The van der Waals surface area contributed by atoms with E-state index < -0.39 is 25.4 Å². The number of rotatable bonds is 8. The van der Waals surface area contributed by atoms with E-state index in [-0.39, 0.29) is 11.4 Å². The third-order valence-electron chi connectivity index (χ3n) is 10.9. The Bertz CT molecular complexity index is 2900. The van der Waals surface area contributed by atoms with Crippen molar-refractivity contribution < 1.29 is 44.6 Å². The zero-order chi connectivity index (χ0) is 43.2. The number of alkyl halides is 6. The lowest BCUT2D eigenvalue weighted by molar-refractivity contribution is -0.709. The van der Waals surface area contributed by atoms with Crippen molar-refractivity contribution in [3.8, 4) is 45.0 Å². The smallest absolute Gasteiger partial charge is 0.354 e. The van der Waals surface area contributed by atoms with Crippen LogP contribution in [0.4, 0.5) is 26.3 Å². The van der Waals surface area contributed by atoms with Crippen molar-refractivity contribution in [2.45, 2.75) is 52.4 Å². The molecule has 0 saturated heterocycles. The van der Waals surface area contributed by atoms with Crippen LogP contribution in [0.25, 0.3) is 91.4 Å². The van der Waals surface area contributed by atoms with Crippen molar-refractivity contribution >= 4 is 46.4 Å². The first-order chi connectivity index (χ1) is 29.9. The molecular weight excluding hydrogens is 803 g/mol. The maximum atomic E-state index is 14.2. The molecule has 0 fully saturated rings. The maximum Gasteiger partial charge on any atom is 0.448 e. The van der Waals surface area contributed by atoms with Crippen molar-refractivity contribution in [3.63, 3.8) is 0 Å². The Balaban J connectivity index is 1.49. The summed E-state index contributed by atoms with van der Waals surface area (Å²) in [4.78, 5) is 17.5. The van der Waals surface area contributed by atoms with Crippen molar-refractivity contribution in [2.75, 3.05) is 0 Å². The van der Waals surface area contributed by atoms with Crippen LogP contribution in [0.3, 0.4) is 0 Å². The third-order valence-corrected chi connectivity index (χ3v) is 10.9. The topological polar surface area (TPSA) is 72.9 Å². The number of halogens is 6. The predicted octanol–water partition coefficient (Wildman–Crippen LogP) is 9.64. The molecule has 0 amide bonds. The fourth-order valence-corrected chi connectivity index (χ4v) is 8.31. The van der Waals surface area contributed by atoms with Gasteiger partial charge in [0.05, 0.1) is 67.1 Å². The SMILES string of the molecule is CC[n+]1ccccc1-c1c2nc(c(-c3cccc[n+]3CC)c3ccc([nH]3)c(-c3cccc[n+]3CC(F)(F)F)c3nc(c(-c4cccc[n+]4CC(F)(F)F)c4ccc1[nH]4)C=C3)C=C2. The first kappa shape index (κ1) is 40.2. The van der Waals surface area contributed by atoms with Crippen molar-refractivity contribution in [1.29, 1.82) is 0 Å². The molecule has 0 aliphatic carbocycles. The fraction of sp³-hybridized carbons (Fsp3) is 0.167. The van der Waals surface area contributed by atoms with E-state index in [4.69, 9.17) is 9.97 Å².